The number of hydrogen-bond acceptors (Lipinski definition) is 7. The van der Waals surface area contributed by atoms with E-state index in [0.29, 0.717) is 35.7 Å². The smallest absolute Gasteiger partial charge is 0.255 e. The van der Waals surface area contributed by atoms with Gasteiger partial charge in [-0.15, -0.1) is 0 Å². The van der Waals surface area contributed by atoms with Crippen LogP contribution in [-0.2, 0) is 4.79 Å². The number of nitriles is 1. The molecular formula is C26H30FN7O3. The fourth-order valence-electron chi connectivity index (χ4n) is 4.28. The minimum atomic E-state index is -1.65. The Morgan fingerprint density at radius 3 is 2.81 bits per heavy atom. The summed E-state index contributed by atoms with van der Waals surface area (Å²) in [5.41, 5.74) is 1.46. The topological polar surface area (TPSA) is 136 Å². The van der Waals surface area contributed by atoms with Crippen molar-refractivity contribution < 1.29 is 19.1 Å². The molecule has 3 aromatic rings. The monoisotopic (exact) mass is 507 g/mol. The molecule has 1 aliphatic heterocycles. The third kappa shape index (κ3) is 5.86. The molecule has 1 fully saturated rings. The average Bonchev–Trinajstić information content (AvgIpc) is 3.29. The highest BCUT2D eigenvalue weighted by molar-refractivity contribution is 6.00. The molecular weight excluding hydrogens is 477 g/mol. The number of pyridine rings is 1. The predicted molar refractivity (Wildman–Crippen MR) is 136 cm³/mol. The van der Waals surface area contributed by atoms with Gasteiger partial charge in [0.05, 0.1) is 52.1 Å². The van der Waals surface area contributed by atoms with Crippen LogP contribution in [0.4, 0.5) is 10.1 Å². The van der Waals surface area contributed by atoms with E-state index >= 15 is 0 Å². The zero-order valence-electron chi connectivity index (χ0n) is 21.0. The number of nitrogens with one attached hydrogen (secondary N) is 2. The second-order valence-electron chi connectivity index (χ2n) is 9.81. The molecule has 0 aliphatic carbocycles. The van der Waals surface area contributed by atoms with E-state index in [0.717, 1.165) is 18.4 Å². The van der Waals surface area contributed by atoms with Crippen LogP contribution in [-0.4, -0.2) is 73.9 Å². The highest BCUT2D eigenvalue weighted by Crippen LogP contribution is 2.27. The summed E-state index contributed by atoms with van der Waals surface area (Å²) in [4.78, 5) is 31.2. The highest BCUT2D eigenvalue weighted by atomic mass is 19.1. The summed E-state index contributed by atoms with van der Waals surface area (Å²) in [6.45, 7) is 5.03. The molecule has 4 heterocycles. The van der Waals surface area contributed by atoms with E-state index < -0.39 is 17.7 Å². The third-order valence-electron chi connectivity index (χ3n) is 6.48. The number of carbonyl (C=O) groups excluding carboxylic acids is 2. The molecule has 0 radical (unpaired) electrons. The minimum Gasteiger partial charge on any atom is -0.387 e. The van der Waals surface area contributed by atoms with Crippen LogP contribution in [0.2, 0.25) is 0 Å². The lowest BCUT2D eigenvalue weighted by molar-refractivity contribution is -0.129. The van der Waals surface area contributed by atoms with Crippen molar-refractivity contribution in [2.75, 3.05) is 25.0 Å². The third-order valence-corrected chi connectivity index (χ3v) is 6.48. The van der Waals surface area contributed by atoms with Crippen LogP contribution in [0.1, 0.15) is 49.5 Å². The summed E-state index contributed by atoms with van der Waals surface area (Å²) in [7, 11) is 0. The molecule has 10 nitrogen and oxygen atoms in total. The molecule has 0 saturated carbocycles. The summed E-state index contributed by atoms with van der Waals surface area (Å²) < 4.78 is 15.9. The van der Waals surface area contributed by atoms with Gasteiger partial charge in [-0.1, -0.05) is 0 Å². The van der Waals surface area contributed by atoms with Crippen molar-refractivity contribution in [3.05, 3.63) is 47.8 Å². The van der Waals surface area contributed by atoms with Gasteiger partial charge in [0, 0.05) is 32.3 Å². The summed E-state index contributed by atoms with van der Waals surface area (Å²) in [6.07, 6.45) is 2.85. The molecule has 1 aliphatic rings. The van der Waals surface area contributed by atoms with Crippen LogP contribution < -0.4 is 10.6 Å². The van der Waals surface area contributed by atoms with Crippen LogP contribution in [0.15, 0.2) is 36.7 Å². The van der Waals surface area contributed by atoms with Gasteiger partial charge in [0.2, 0.25) is 5.91 Å². The molecule has 2 unspecified atom stereocenters. The zero-order chi connectivity index (χ0) is 26.7. The number of halogens is 1. The Kier molecular flexibility index (Phi) is 7.40. The maximum Gasteiger partial charge on any atom is 0.255 e. The normalized spacial score (nSPS) is 16.8. The van der Waals surface area contributed by atoms with Gasteiger partial charge in [-0.25, -0.2) is 8.91 Å². The van der Waals surface area contributed by atoms with Gasteiger partial charge in [0.1, 0.15) is 12.2 Å². The zero-order valence-corrected chi connectivity index (χ0v) is 21.0. The molecule has 0 aromatic carbocycles. The number of piperidine rings is 1. The summed E-state index contributed by atoms with van der Waals surface area (Å²) in [6, 6.07) is 9.06. The first-order chi connectivity index (χ1) is 17.6. The van der Waals surface area contributed by atoms with Gasteiger partial charge in [-0.2, -0.15) is 10.4 Å². The number of anilines is 1. The number of aliphatic hydroxyl groups is 1. The summed E-state index contributed by atoms with van der Waals surface area (Å²) in [5.74, 6) is -0.549. The van der Waals surface area contributed by atoms with E-state index in [1.54, 1.807) is 21.5 Å². The first kappa shape index (κ1) is 26.0. The molecule has 3 aromatic heterocycles. The predicted octanol–water partition coefficient (Wildman–Crippen LogP) is 2.53. The van der Waals surface area contributed by atoms with E-state index in [9.17, 15) is 19.1 Å². The molecule has 11 heteroatoms. The maximum absolute atomic E-state index is 14.3. The van der Waals surface area contributed by atoms with Crippen molar-refractivity contribution in [1.82, 2.24) is 24.8 Å². The van der Waals surface area contributed by atoms with E-state index in [-0.39, 0.29) is 24.1 Å². The van der Waals surface area contributed by atoms with Gasteiger partial charge in [-0.3, -0.25) is 14.6 Å². The highest BCUT2D eigenvalue weighted by Gasteiger charge is 2.28. The fraction of sp³-hybridized carbons (Fsp3) is 0.423. The summed E-state index contributed by atoms with van der Waals surface area (Å²) in [5, 5.41) is 29.3. The molecule has 0 spiro atoms. The second-order valence-corrected chi connectivity index (χ2v) is 9.81. The Morgan fingerprint density at radius 1 is 1.32 bits per heavy atom. The van der Waals surface area contributed by atoms with E-state index in [1.807, 2.05) is 12.1 Å². The van der Waals surface area contributed by atoms with Crippen molar-refractivity contribution >= 4 is 23.0 Å². The lowest BCUT2D eigenvalue weighted by Gasteiger charge is -2.33. The van der Waals surface area contributed by atoms with Gasteiger partial charge in [-0.05, 0) is 51.0 Å². The number of likely N-dealkylation sites (tertiary alicyclic amines) is 1. The van der Waals surface area contributed by atoms with Gasteiger partial charge < -0.3 is 20.6 Å². The van der Waals surface area contributed by atoms with Crippen molar-refractivity contribution in [2.24, 2.45) is 0 Å². The first-order valence-corrected chi connectivity index (χ1v) is 12.1. The SMILES string of the molecule is CC(=O)N1CCCC(Nc2cc(-c3ccc4cc(C#N)cnn34)ncc2C(=O)NCC(F)C(C)(C)O)C1. The molecule has 1 saturated heterocycles. The Morgan fingerprint density at radius 2 is 2.11 bits per heavy atom. The lowest BCUT2D eigenvalue weighted by Crippen LogP contribution is -2.44. The van der Waals surface area contributed by atoms with E-state index in [2.05, 4.69) is 26.8 Å². The number of carbonyl (C=O) groups is 2. The molecule has 2 amide bonds. The quantitative estimate of drug-likeness (QED) is 0.447. The standard InChI is InChI=1S/C26H30FN7O3/c1-16(35)33-8-4-5-18(15-33)32-21-10-22(23-7-6-19-9-17(11-28)12-31-34(19)23)29-13-20(21)25(36)30-14-24(27)26(2,3)37/h6-7,9-10,12-13,18,24,37H,4-5,8,14-15H2,1-3H3,(H,29,32)(H,30,36). The number of amides is 2. The maximum atomic E-state index is 14.3. The molecule has 3 N–H and O–H groups in total. The fourth-order valence-corrected chi connectivity index (χ4v) is 4.28. The van der Waals surface area contributed by atoms with Crippen LogP contribution in [0.3, 0.4) is 0 Å². The molecule has 2 atom stereocenters. The van der Waals surface area contributed by atoms with Crippen LogP contribution in [0, 0.1) is 11.3 Å². The second kappa shape index (κ2) is 10.5. The van der Waals surface area contributed by atoms with Crippen LogP contribution in [0.5, 0.6) is 0 Å². The van der Waals surface area contributed by atoms with Crippen molar-refractivity contribution in [2.45, 2.75) is 51.4 Å². The van der Waals surface area contributed by atoms with Crippen molar-refractivity contribution in [3.8, 4) is 17.5 Å². The Hall–Kier alpha value is -4.04. The minimum absolute atomic E-state index is 0.0112. The van der Waals surface area contributed by atoms with Gasteiger partial charge in [0.15, 0.2) is 0 Å². The van der Waals surface area contributed by atoms with Crippen molar-refractivity contribution in [1.29, 1.82) is 5.26 Å². The summed E-state index contributed by atoms with van der Waals surface area (Å²) >= 11 is 0. The number of alkyl halides is 1. The molecule has 37 heavy (non-hydrogen) atoms. The Labute approximate surface area is 214 Å². The average molecular weight is 508 g/mol. The van der Waals surface area contributed by atoms with Crippen LogP contribution in [0.25, 0.3) is 16.9 Å². The first-order valence-electron chi connectivity index (χ1n) is 12.1. The number of fused-ring (bicyclic) bond motifs is 1. The molecule has 0 bridgehead atoms. The van der Waals surface area contributed by atoms with E-state index in [1.165, 1.54) is 33.2 Å². The number of nitrogens with zero attached hydrogens (tertiary/aromatic N) is 5. The number of hydrogen-bond donors (Lipinski definition) is 3. The van der Waals surface area contributed by atoms with Crippen LogP contribution >= 0.6 is 0 Å². The number of aromatic nitrogens is 3. The molecule has 4 rings (SSSR count). The van der Waals surface area contributed by atoms with Gasteiger partial charge >= 0.3 is 0 Å². The Balaban J connectivity index is 1.67. The van der Waals surface area contributed by atoms with E-state index in [4.69, 9.17) is 5.26 Å². The number of rotatable bonds is 7. The lowest BCUT2D eigenvalue weighted by atomic mass is 10.0. The Bertz CT molecular complexity index is 1360. The van der Waals surface area contributed by atoms with Gasteiger partial charge in [0.25, 0.3) is 5.91 Å². The largest absolute Gasteiger partial charge is 0.387 e. The van der Waals surface area contributed by atoms with Crippen molar-refractivity contribution in [3.63, 3.8) is 0 Å². The molecule has 194 valence electrons.